The molecule has 3 heteroatoms. The Morgan fingerprint density at radius 1 is 1.21 bits per heavy atom. The number of hydrogen-bond acceptors (Lipinski definition) is 2. The molecule has 106 valence electrons. The number of nitrogens with one attached hydrogen (secondary N) is 1. The standard InChI is InChI=1S/C16H25ClN2/c1-16(2,3)12-6-4-7-13(10-9-12)19-14-8-5-11-18-15(14)17/h5,8,11-13,19H,4,6-7,9-10H2,1-3H3. The van der Waals surface area contributed by atoms with Crippen molar-refractivity contribution in [3.8, 4) is 0 Å². The van der Waals surface area contributed by atoms with Gasteiger partial charge in [-0.25, -0.2) is 4.98 Å². The molecule has 19 heavy (non-hydrogen) atoms. The smallest absolute Gasteiger partial charge is 0.152 e. The van der Waals surface area contributed by atoms with E-state index < -0.39 is 0 Å². The van der Waals surface area contributed by atoms with Crippen molar-refractivity contribution in [2.45, 2.75) is 58.9 Å². The second-order valence-electron chi connectivity index (χ2n) is 6.75. The van der Waals surface area contributed by atoms with Crippen LogP contribution in [0.4, 0.5) is 5.69 Å². The Morgan fingerprint density at radius 2 is 2.00 bits per heavy atom. The minimum Gasteiger partial charge on any atom is -0.380 e. The van der Waals surface area contributed by atoms with Crippen LogP contribution >= 0.6 is 11.6 Å². The lowest BCUT2D eigenvalue weighted by atomic mass is 9.76. The molecule has 1 aliphatic carbocycles. The number of halogens is 1. The number of aromatic nitrogens is 1. The van der Waals surface area contributed by atoms with Gasteiger partial charge in [0.05, 0.1) is 5.69 Å². The maximum Gasteiger partial charge on any atom is 0.152 e. The van der Waals surface area contributed by atoms with Crippen molar-refractivity contribution in [3.05, 3.63) is 23.5 Å². The lowest BCUT2D eigenvalue weighted by Gasteiger charge is -2.29. The van der Waals surface area contributed by atoms with Crippen LogP contribution in [-0.2, 0) is 0 Å². The minimum atomic E-state index is 0.431. The Labute approximate surface area is 122 Å². The van der Waals surface area contributed by atoms with Gasteiger partial charge in [0, 0.05) is 12.2 Å². The first kappa shape index (κ1) is 14.6. The van der Waals surface area contributed by atoms with Gasteiger partial charge in [0.15, 0.2) is 5.15 Å². The fourth-order valence-electron chi connectivity index (χ4n) is 3.03. The predicted octanol–water partition coefficient (Wildman–Crippen LogP) is 5.14. The minimum absolute atomic E-state index is 0.431. The number of anilines is 1. The Morgan fingerprint density at radius 3 is 2.68 bits per heavy atom. The molecule has 0 spiro atoms. The van der Waals surface area contributed by atoms with E-state index in [1.54, 1.807) is 6.20 Å². The van der Waals surface area contributed by atoms with E-state index in [0.29, 0.717) is 16.6 Å². The largest absolute Gasteiger partial charge is 0.380 e. The Hall–Kier alpha value is -0.760. The predicted molar refractivity (Wildman–Crippen MR) is 82.7 cm³/mol. The fraction of sp³-hybridized carbons (Fsp3) is 0.688. The van der Waals surface area contributed by atoms with E-state index >= 15 is 0 Å². The second-order valence-corrected chi connectivity index (χ2v) is 7.11. The molecule has 0 aliphatic heterocycles. The lowest BCUT2D eigenvalue weighted by Crippen LogP contribution is -2.21. The van der Waals surface area contributed by atoms with Gasteiger partial charge >= 0.3 is 0 Å². The average molecular weight is 281 g/mol. The van der Waals surface area contributed by atoms with E-state index in [1.807, 2.05) is 12.1 Å². The van der Waals surface area contributed by atoms with Crippen LogP contribution in [0.25, 0.3) is 0 Å². The van der Waals surface area contributed by atoms with E-state index in [9.17, 15) is 0 Å². The number of pyridine rings is 1. The van der Waals surface area contributed by atoms with Crippen LogP contribution in [0.5, 0.6) is 0 Å². The molecule has 2 nitrogen and oxygen atoms in total. The van der Waals surface area contributed by atoms with Crippen LogP contribution in [-0.4, -0.2) is 11.0 Å². The van der Waals surface area contributed by atoms with Crippen molar-refractivity contribution < 1.29 is 0 Å². The zero-order valence-corrected chi connectivity index (χ0v) is 13.0. The van der Waals surface area contributed by atoms with Crippen molar-refractivity contribution in [2.75, 3.05) is 5.32 Å². The summed E-state index contributed by atoms with van der Waals surface area (Å²) in [5, 5.41) is 4.15. The van der Waals surface area contributed by atoms with E-state index in [2.05, 4.69) is 31.1 Å². The van der Waals surface area contributed by atoms with Crippen LogP contribution in [0.1, 0.15) is 52.9 Å². The van der Waals surface area contributed by atoms with Crippen molar-refractivity contribution in [3.63, 3.8) is 0 Å². The molecule has 1 aromatic rings. The van der Waals surface area contributed by atoms with Gasteiger partial charge in [0.1, 0.15) is 0 Å². The van der Waals surface area contributed by atoms with Crippen molar-refractivity contribution in [1.82, 2.24) is 4.98 Å². The third-order valence-electron chi connectivity index (χ3n) is 4.31. The van der Waals surface area contributed by atoms with Crippen molar-refractivity contribution >= 4 is 17.3 Å². The summed E-state index contributed by atoms with van der Waals surface area (Å²) in [6.45, 7) is 7.09. The Kier molecular flexibility index (Phi) is 4.72. The number of hydrogen-bond donors (Lipinski definition) is 1. The molecule has 0 bridgehead atoms. The molecule has 2 unspecified atom stereocenters. The van der Waals surface area contributed by atoms with Crippen molar-refractivity contribution in [1.29, 1.82) is 0 Å². The first-order valence-corrected chi connectivity index (χ1v) is 7.71. The van der Waals surface area contributed by atoms with E-state index in [4.69, 9.17) is 11.6 Å². The summed E-state index contributed by atoms with van der Waals surface area (Å²) in [6, 6.07) is 4.48. The summed E-state index contributed by atoms with van der Waals surface area (Å²) >= 11 is 6.11. The molecule has 0 radical (unpaired) electrons. The molecular formula is C16H25ClN2. The highest BCUT2D eigenvalue weighted by atomic mass is 35.5. The van der Waals surface area contributed by atoms with E-state index in [-0.39, 0.29) is 0 Å². The molecule has 1 fully saturated rings. The summed E-state index contributed by atoms with van der Waals surface area (Å²) in [7, 11) is 0. The molecule has 2 rings (SSSR count). The summed E-state index contributed by atoms with van der Waals surface area (Å²) in [5.74, 6) is 0.837. The molecule has 1 aliphatic rings. The molecule has 1 N–H and O–H groups in total. The number of nitrogens with zero attached hydrogens (tertiary/aromatic N) is 1. The van der Waals surface area contributed by atoms with Crippen LogP contribution in [0.15, 0.2) is 18.3 Å². The summed E-state index contributed by atoms with van der Waals surface area (Å²) in [5.41, 5.74) is 1.41. The van der Waals surface area contributed by atoms with Gasteiger partial charge < -0.3 is 5.32 Å². The van der Waals surface area contributed by atoms with Gasteiger partial charge in [0.25, 0.3) is 0 Å². The molecular weight excluding hydrogens is 256 g/mol. The monoisotopic (exact) mass is 280 g/mol. The van der Waals surface area contributed by atoms with Crippen LogP contribution in [0, 0.1) is 11.3 Å². The molecule has 1 saturated carbocycles. The first-order valence-electron chi connectivity index (χ1n) is 7.34. The van der Waals surface area contributed by atoms with Crippen LogP contribution in [0.2, 0.25) is 5.15 Å². The summed E-state index contributed by atoms with van der Waals surface area (Å²) in [6.07, 6.45) is 8.15. The zero-order chi connectivity index (χ0) is 13.9. The zero-order valence-electron chi connectivity index (χ0n) is 12.2. The fourth-order valence-corrected chi connectivity index (χ4v) is 3.20. The third-order valence-corrected chi connectivity index (χ3v) is 4.61. The molecule has 1 aromatic heterocycles. The third kappa shape index (κ3) is 4.10. The summed E-state index contributed by atoms with van der Waals surface area (Å²) in [4.78, 5) is 4.13. The van der Waals surface area contributed by atoms with Gasteiger partial charge in [0.2, 0.25) is 0 Å². The highest BCUT2D eigenvalue weighted by molar-refractivity contribution is 6.31. The quantitative estimate of drug-likeness (QED) is 0.599. The van der Waals surface area contributed by atoms with Gasteiger partial charge in [-0.1, -0.05) is 38.8 Å². The molecule has 0 aromatic carbocycles. The maximum absolute atomic E-state index is 6.11. The highest BCUT2D eigenvalue weighted by Crippen LogP contribution is 2.37. The Bertz CT molecular complexity index is 411. The molecule has 0 saturated heterocycles. The van der Waals surface area contributed by atoms with Crippen LogP contribution < -0.4 is 5.32 Å². The second kappa shape index (κ2) is 6.13. The maximum atomic E-state index is 6.11. The van der Waals surface area contributed by atoms with E-state index in [0.717, 1.165) is 11.6 Å². The van der Waals surface area contributed by atoms with Crippen LogP contribution in [0.3, 0.4) is 0 Å². The average Bonchev–Trinajstić information content (AvgIpc) is 2.57. The first-order chi connectivity index (χ1) is 8.97. The van der Waals surface area contributed by atoms with Crippen molar-refractivity contribution in [2.24, 2.45) is 11.3 Å². The lowest BCUT2D eigenvalue weighted by molar-refractivity contribution is 0.214. The highest BCUT2D eigenvalue weighted by Gasteiger charge is 2.27. The topological polar surface area (TPSA) is 24.9 Å². The van der Waals surface area contributed by atoms with Gasteiger partial charge in [-0.15, -0.1) is 0 Å². The molecule has 1 heterocycles. The van der Waals surface area contributed by atoms with E-state index in [1.165, 1.54) is 32.1 Å². The summed E-state index contributed by atoms with van der Waals surface area (Å²) < 4.78 is 0. The van der Waals surface area contributed by atoms with Gasteiger partial charge in [-0.2, -0.15) is 0 Å². The molecule has 0 amide bonds. The normalized spacial score (nSPS) is 24.8. The SMILES string of the molecule is CC(C)(C)C1CCCC(Nc2cccnc2Cl)CC1. The Balaban J connectivity index is 1.95. The van der Waals surface area contributed by atoms with Gasteiger partial charge in [-0.3, -0.25) is 0 Å². The van der Waals surface area contributed by atoms with Gasteiger partial charge in [-0.05, 0) is 49.1 Å². The number of rotatable bonds is 2. The molecule has 2 atom stereocenters.